The van der Waals surface area contributed by atoms with Crippen LogP contribution in [0.1, 0.15) is 25.3 Å². The maximum absolute atomic E-state index is 12.2. The number of para-hydroxylation sites is 1. The molecule has 1 saturated heterocycles. The number of ether oxygens (including phenoxy) is 1. The van der Waals surface area contributed by atoms with E-state index in [2.05, 4.69) is 22.4 Å². The zero-order valence-electron chi connectivity index (χ0n) is 15.3. The van der Waals surface area contributed by atoms with Crippen LogP contribution in [0.3, 0.4) is 0 Å². The number of likely N-dealkylation sites (tertiary alicyclic amines) is 1. The number of H-pyrrole nitrogens is 1. The van der Waals surface area contributed by atoms with Crippen LogP contribution in [0, 0.1) is 5.92 Å². The fraction of sp³-hybridized carbons (Fsp3) is 0.500. The average molecular weight is 358 g/mol. The average Bonchev–Trinajstić information content (AvgIpc) is 3.06. The molecule has 6 heteroatoms. The van der Waals surface area contributed by atoms with Gasteiger partial charge in [-0.15, -0.1) is 0 Å². The highest BCUT2D eigenvalue weighted by molar-refractivity contribution is 5.83. The molecular formula is C20H28N3O3+. The zero-order valence-corrected chi connectivity index (χ0v) is 15.3. The predicted octanol–water partition coefficient (Wildman–Crippen LogP) is 0.685. The largest absolute Gasteiger partial charge is 0.466 e. The van der Waals surface area contributed by atoms with Gasteiger partial charge in [0.2, 0.25) is 0 Å². The molecule has 1 amide bonds. The first-order chi connectivity index (χ1) is 12.7. The number of hydrogen-bond acceptors (Lipinski definition) is 3. The second-order valence-electron chi connectivity index (χ2n) is 6.91. The Morgan fingerprint density at radius 2 is 2.04 bits per heavy atom. The van der Waals surface area contributed by atoms with Crippen molar-refractivity contribution in [1.82, 2.24) is 10.3 Å². The molecule has 0 radical (unpaired) electrons. The Kier molecular flexibility index (Phi) is 6.28. The van der Waals surface area contributed by atoms with Gasteiger partial charge >= 0.3 is 5.97 Å². The summed E-state index contributed by atoms with van der Waals surface area (Å²) in [4.78, 5) is 28.5. The van der Waals surface area contributed by atoms with E-state index >= 15 is 0 Å². The fourth-order valence-corrected chi connectivity index (χ4v) is 3.66. The van der Waals surface area contributed by atoms with Gasteiger partial charge in [-0.3, -0.25) is 9.59 Å². The first kappa shape index (κ1) is 18.5. The van der Waals surface area contributed by atoms with Gasteiger partial charge in [0, 0.05) is 36.5 Å². The molecule has 6 nitrogen and oxygen atoms in total. The van der Waals surface area contributed by atoms with E-state index < -0.39 is 0 Å². The number of esters is 1. The van der Waals surface area contributed by atoms with Crippen LogP contribution in [0.15, 0.2) is 30.5 Å². The van der Waals surface area contributed by atoms with E-state index in [0.717, 1.165) is 37.9 Å². The van der Waals surface area contributed by atoms with Gasteiger partial charge in [-0.1, -0.05) is 18.2 Å². The Labute approximate surface area is 153 Å². The molecule has 0 saturated carbocycles. The molecule has 26 heavy (non-hydrogen) atoms. The van der Waals surface area contributed by atoms with Crippen molar-refractivity contribution in [2.45, 2.75) is 26.2 Å². The van der Waals surface area contributed by atoms with Crippen LogP contribution < -0.4 is 10.2 Å². The SMILES string of the molecule is CCOC(=O)C1CC[NH+](CC(=O)NCCc2c[nH]c3ccccc23)CC1. The van der Waals surface area contributed by atoms with E-state index in [-0.39, 0.29) is 17.8 Å². The number of nitrogens with one attached hydrogen (secondary N) is 3. The Bertz CT molecular complexity index is 748. The van der Waals surface area contributed by atoms with Crippen LogP contribution in [0.2, 0.25) is 0 Å². The van der Waals surface area contributed by atoms with E-state index in [1.165, 1.54) is 15.8 Å². The predicted molar refractivity (Wildman–Crippen MR) is 99.9 cm³/mol. The van der Waals surface area contributed by atoms with E-state index in [0.29, 0.717) is 19.7 Å². The minimum Gasteiger partial charge on any atom is -0.466 e. The third-order valence-corrected chi connectivity index (χ3v) is 5.11. The number of aromatic nitrogens is 1. The van der Waals surface area contributed by atoms with Gasteiger partial charge < -0.3 is 19.9 Å². The maximum atomic E-state index is 12.2. The van der Waals surface area contributed by atoms with Crippen LogP contribution in [-0.2, 0) is 20.7 Å². The Morgan fingerprint density at radius 3 is 2.81 bits per heavy atom. The lowest BCUT2D eigenvalue weighted by molar-refractivity contribution is -0.897. The highest BCUT2D eigenvalue weighted by Gasteiger charge is 2.29. The molecule has 2 heterocycles. The van der Waals surface area contributed by atoms with Crippen molar-refractivity contribution in [3.05, 3.63) is 36.0 Å². The topological polar surface area (TPSA) is 75.6 Å². The van der Waals surface area contributed by atoms with Gasteiger partial charge in [0.1, 0.15) is 0 Å². The minimum atomic E-state index is -0.0882. The minimum absolute atomic E-state index is 0.00336. The maximum Gasteiger partial charge on any atom is 0.309 e. The highest BCUT2D eigenvalue weighted by Crippen LogP contribution is 2.17. The van der Waals surface area contributed by atoms with Crippen molar-refractivity contribution >= 4 is 22.8 Å². The Hall–Kier alpha value is -2.34. The van der Waals surface area contributed by atoms with Crippen molar-refractivity contribution in [2.75, 3.05) is 32.8 Å². The van der Waals surface area contributed by atoms with Gasteiger partial charge in [-0.25, -0.2) is 0 Å². The van der Waals surface area contributed by atoms with Gasteiger partial charge in [0.05, 0.1) is 25.6 Å². The van der Waals surface area contributed by atoms with Gasteiger partial charge in [-0.05, 0) is 25.0 Å². The van der Waals surface area contributed by atoms with E-state index in [4.69, 9.17) is 4.74 Å². The summed E-state index contributed by atoms with van der Waals surface area (Å²) < 4.78 is 5.09. The lowest BCUT2D eigenvalue weighted by Crippen LogP contribution is -3.14. The monoisotopic (exact) mass is 358 g/mol. The van der Waals surface area contributed by atoms with Gasteiger partial charge in [-0.2, -0.15) is 0 Å². The lowest BCUT2D eigenvalue weighted by Gasteiger charge is -2.27. The van der Waals surface area contributed by atoms with E-state index in [1.807, 2.05) is 25.3 Å². The summed E-state index contributed by atoms with van der Waals surface area (Å²) in [5.41, 5.74) is 2.35. The van der Waals surface area contributed by atoms with Crippen LogP contribution >= 0.6 is 0 Å². The fourth-order valence-electron chi connectivity index (χ4n) is 3.66. The lowest BCUT2D eigenvalue weighted by atomic mass is 9.97. The van der Waals surface area contributed by atoms with Gasteiger partial charge in [0.25, 0.3) is 5.91 Å². The van der Waals surface area contributed by atoms with E-state index in [1.54, 1.807) is 0 Å². The standard InChI is InChI=1S/C20H27N3O3/c1-2-26-20(25)15-8-11-23(12-9-15)14-19(24)21-10-7-16-13-22-18-6-4-3-5-17(16)18/h3-6,13,15,22H,2,7-12,14H2,1H3,(H,21,24)/p+1. The Morgan fingerprint density at radius 1 is 1.27 bits per heavy atom. The summed E-state index contributed by atoms with van der Waals surface area (Å²) in [6, 6.07) is 8.20. The molecule has 2 aromatic rings. The van der Waals surface area contributed by atoms with Crippen LogP contribution in [0.4, 0.5) is 0 Å². The van der Waals surface area contributed by atoms with Crippen molar-refractivity contribution < 1.29 is 19.2 Å². The molecule has 0 bridgehead atoms. The molecule has 1 aromatic carbocycles. The summed E-state index contributed by atoms with van der Waals surface area (Å²) in [6.45, 7) is 5.07. The molecule has 3 rings (SSSR count). The highest BCUT2D eigenvalue weighted by atomic mass is 16.5. The number of amides is 1. The number of carbonyl (C=O) groups excluding carboxylic acids is 2. The molecule has 3 N–H and O–H groups in total. The van der Waals surface area contributed by atoms with Crippen LogP contribution in [0.25, 0.3) is 10.9 Å². The number of benzene rings is 1. The zero-order chi connectivity index (χ0) is 18.4. The van der Waals surface area contributed by atoms with Gasteiger partial charge in [0.15, 0.2) is 6.54 Å². The number of carbonyl (C=O) groups is 2. The number of fused-ring (bicyclic) bond motifs is 1. The summed E-state index contributed by atoms with van der Waals surface area (Å²) in [7, 11) is 0. The number of rotatable bonds is 7. The van der Waals surface area contributed by atoms with Crippen molar-refractivity contribution in [3.8, 4) is 0 Å². The molecule has 1 aromatic heterocycles. The Balaban J connectivity index is 1.38. The quantitative estimate of drug-likeness (QED) is 0.638. The summed E-state index contributed by atoms with van der Waals surface area (Å²) in [6.07, 6.45) is 4.44. The first-order valence-corrected chi connectivity index (χ1v) is 9.49. The molecule has 1 aliphatic heterocycles. The second kappa shape index (κ2) is 8.85. The molecule has 140 valence electrons. The molecule has 0 aliphatic carbocycles. The van der Waals surface area contributed by atoms with Crippen molar-refractivity contribution in [1.29, 1.82) is 0 Å². The summed E-state index contributed by atoms with van der Waals surface area (Å²) in [5, 5.41) is 4.24. The second-order valence-corrected chi connectivity index (χ2v) is 6.91. The number of aromatic amines is 1. The molecule has 0 unspecified atom stereocenters. The molecular weight excluding hydrogens is 330 g/mol. The molecule has 0 atom stereocenters. The third-order valence-electron chi connectivity index (χ3n) is 5.11. The molecule has 0 spiro atoms. The normalized spacial score (nSPS) is 20.0. The third kappa shape index (κ3) is 4.64. The van der Waals surface area contributed by atoms with E-state index in [9.17, 15) is 9.59 Å². The molecule has 1 fully saturated rings. The molecule has 1 aliphatic rings. The van der Waals surface area contributed by atoms with Crippen molar-refractivity contribution in [3.63, 3.8) is 0 Å². The number of piperidine rings is 1. The smallest absolute Gasteiger partial charge is 0.309 e. The van der Waals surface area contributed by atoms with Crippen LogP contribution in [-0.4, -0.2) is 49.6 Å². The summed E-state index contributed by atoms with van der Waals surface area (Å²) >= 11 is 0. The number of hydrogen-bond donors (Lipinski definition) is 3. The summed E-state index contributed by atoms with van der Waals surface area (Å²) in [5.74, 6) is -0.00668. The first-order valence-electron chi connectivity index (χ1n) is 9.49. The number of quaternary nitrogens is 1. The van der Waals surface area contributed by atoms with Crippen LogP contribution in [0.5, 0.6) is 0 Å². The van der Waals surface area contributed by atoms with Crippen molar-refractivity contribution in [2.24, 2.45) is 5.92 Å².